The molecule has 1 aromatic heterocycles. The van der Waals surface area contributed by atoms with Crippen LogP contribution in [0.1, 0.15) is 16.8 Å². The third kappa shape index (κ3) is 2.61. The lowest BCUT2D eigenvalue weighted by atomic mass is 10.1. The van der Waals surface area contributed by atoms with E-state index in [4.69, 9.17) is 11.0 Å². The summed E-state index contributed by atoms with van der Waals surface area (Å²) in [5.41, 5.74) is 10.4. The predicted molar refractivity (Wildman–Crippen MR) is 70.8 cm³/mol. The molecule has 5 heteroatoms. The first kappa shape index (κ1) is 12.0. The van der Waals surface area contributed by atoms with E-state index in [0.29, 0.717) is 18.7 Å². The summed E-state index contributed by atoms with van der Waals surface area (Å²) in [5, 5.41) is 18.9. The molecule has 0 amide bonds. The number of nitrogens with two attached hydrogens (primary N) is 1. The molecule has 2 rings (SSSR count). The van der Waals surface area contributed by atoms with Crippen molar-refractivity contribution in [3.63, 3.8) is 0 Å². The SMILES string of the molecule is Cc1[nH]ncc1CNc1ccc(N)c(CC#N)c1. The summed E-state index contributed by atoms with van der Waals surface area (Å²) in [6.45, 7) is 2.67. The van der Waals surface area contributed by atoms with Gasteiger partial charge >= 0.3 is 0 Å². The minimum atomic E-state index is 0.325. The Kier molecular flexibility index (Phi) is 3.49. The van der Waals surface area contributed by atoms with Crippen molar-refractivity contribution >= 4 is 11.4 Å². The summed E-state index contributed by atoms with van der Waals surface area (Å²) in [7, 11) is 0. The molecule has 4 N–H and O–H groups in total. The van der Waals surface area contributed by atoms with Crippen molar-refractivity contribution in [3.05, 3.63) is 41.2 Å². The van der Waals surface area contributed by atoms with Gasteiger partial charge in [-0.3, -0.25) is 5.10 Å². The molecule has 0 spiro atoms. The average Bonchev–Trinajstić information content (AvgIpc) is 2.76. The molecule has 0 aliphatic heterocycles. The van der Waals surface area contributed by atoms with Gasteiger partial charge in [0.05, 0.1) is 18.7 Å². The molecular weight excluding hydrogens is 226 g/mol. The molecule has 1 aromatic carbocycles. The van der Waals surface area contributed by atoms with Gasteiger partial charge in [0.25, 0.3) is 0 Å². The van der Waals surface area contributed by atoms with Crippen LogP contribution in [0.2, 0.25) is 0 Å². The van der Waals surface area contributed by atoms with E-state index in [0.717, 1.165) is 22.5 Å². The van der Waals surface area contributed by atoms with Crippen molar-refractivity contribution in [2.75, 3.05) is 11.1 Å². The third-order valence-electron chi connectivity index (χ3n) is 2.83. The van der Waals surface area contributed by atoms with E-state index in [1.54, 1.807) is 6.20 Å². The largest absolute Gasteiger partial charge is 0.398 e. The van der Waals surface area contributed by atoms with E-state index in [-0.39, 0.29) is 0 Å². The second kappa shape index (κ2) is 5.23. The zero-order valence-corrected chi connectivity index (χ0v) is 10.2. The van der Waals surface area contributed by atoms with Crippen LogP contribution in [-0.2, 0) is 13.0 Å². The number of aryl methyl sites for hydroxylation is 1. The van der Waals surface area contributed by atoms with Crippen LogP contribution < -0.4 is 11.1 Å². The van der Waals surface area contributed by atoms with Crippen molar-refractivity contribution in [1.29, 1.82) is 5.26 Å². The van der Waals surface area contributed by atoms with E-state index in [1.807, 2.05) is 25.1 Å². The van der Waals surface area contributed by atoms with Crippen LogP contribution in [0, 0.1) is 18.3 Å². The molecule has 2 aromatic rings. The topological polar surface area (TPSA) is 90.5 Å². The lowest BCUT2D eigenvalue weighted by Crippen LogP contribution is -2.01. The fourth-order valence-corrected chi connectivity index (χ4v) is 1.71. The molecule has 0 saturated carbocycles. The highest BCUT2D eigenvalue weighted by Gasteiger charge is 2.03. The fourth-order valence-electron chi connectivity index (χ4n) is 1.71. The molecule has 0 aliphatic rings. The molecule has 5 nitrogen and oxygen atoms in total. The summed E-state index contributed by atoms with van der Waals surface area (Å²) in [4.78, 5) is 0. The van der Waals surface area contributed by atoms with Gasteiger partial charge in [-0.05, 0) is 30.7 Å². The Morgan fingerprint density at radius 2 is 2.28 bits per heavy atom. The Morgan fingerprint density at radius 3 is 2.94 bits per heavy atom. The number of aromatic amines is 1. The Morgan fingerprint density at radius 1 is 1.44 bits per heavy atom. The maximum atomic E-state index is 8.71. The number of nitrogens with zero attached hydrogens (tertiary/aromatic N) is 2. The van der Waals surface area contributed by atoms with Gasteiger partial charge in [-0.25, -0.2) is 0 Å². The first-order valence-corrected chi connectivity index (χ1v) is 5.69. The van der Waals surface area contributed by atoms with E-state index in [9.17, 15) is 0 Å². The predicted octanol–water partition coefficient (Wildman–Crippen LogP) is 1.98. The van der Waals surface area contributed by atoms with Gasteiger partial charge in [-0.1, -0.05) is 0 Å². The van der Waals surface area contributed by atoms with Gasteiger partial charge in [0.15, 0.2) is 0 Å². The van der Waals surface area contributed by atoms with Gasteiger partial charge in [-0.2, -0.15) is 10.4 Å². The van der Waals surface area contributed by atoms with Gasteiger partial charge < -0.3 is 11.1 Å². The van der Waals surface area contributed by atoms with Crippen molar-refractivity contribution in [3.8, 4) is 6.07 Å². The molecule has 1 heterocycles. The second-order valence-electron chi connectivity index (χ2n) is 4.12. The molecule has 0 aliphatic carbocycles. The number of nitrogen functional groups attached to an aromatic ring is 1. The van der Waals surface area contributed by atoms with Crippen LogP contribution in [0.15, 0.2) is 24.4 Å². The number of anilines is 2. The Hall–Kier alpha value is -2.48. The molecule has 0 fully saturated rings. The number of H-pyrrole nitrogens is 1. The van der Waals surface area contributed by atoms with E-state index in [2.05, 4.69) is 21.6 Å². The third-order valence-corrected chi connectivity index (χ3v) is 2.83. The van der Waals surface area contributed by atoms with Crippen LogP contribution in [0.3, 0.4) is 0 Å². The summed E-state index contributed by atoms with van der Waals surface area (Å²) in [5.74, 6) is 0. The lowest BCUT2D eigenvalue weighted by Gasteiger charge is -2.08. The number of rotatable bonds is 4. The summed E-state index contributed by atoms with van der Waals surface area (Å²) >= 11 is 0. The van der Waals surface area contributed by atoms with Crippen LogP contribution in [0.4, 0.5) is 11.4 Å². The summed E-state index contributed by atoms with van der Waals surface area (Å²) in [6.07, 6.45) is 2.13. The second-order valence-corrected chi connectivity index (χ2v) is 4.12. The highest BCUT2D eigenvalue weighted by Crippen LogP contribution is 2.19. The van der Waals surface area contributed by atoms with Crippen LogP contribution >= 0.6 is 0 Å². The van der Waals surface area contributed by atoms with E-state index in [1.165, 1.54) is 0 Å². The fraction of sp³-hybridized carbons (Fsp3) is 0.231. The molecule has 18 heavy (non-hydrogen) atoms. The number of hydrogen-bond acceptors (Lipinski definition) is 4. The zero-order chi connectivity index (χ0) is 13.0. The minimum absolute atomic E-state index is 0.325. The summed E-state index contributed by atoms with van der Waals surface area (Å²) < 4.78 is 0. The normalized spacial score (nSPS) is 10.0. The number of aromatic nitrogens is 2. The number of hydrogen-bond donors (Lipinski definition) is 3. The van der Waals surface area contributed by atoms with Gasteiger partial charge in [0.2, 0.25) is 0 Å². The standard InChI is InChI=1S/C13H15N5/c1-9-11(8-17-18-9)7-16-12-2-3-13(15)10(6-12)4-5-14/h2-3,6,8,16H,4,7,15H2,1H3,(H,17,18). The number of nitriles is 1. The van der Waals surface area contributed by atoms with Crippen molar-refractivity contribution < 1.29 is 0 Å². The minimum Gasteiger partial charge on any atom is -0.398 e. The first-order valence-electron chi connectivity index (χ1n) is 5.69. The van der Waals surface area contributed by atoms with E-state index >= 15 is 0 Å². The molecule has 92 valence electrons. The van der Waals surface area contributed by atoms with Crippen LogP contribution in [0.25, 0.3) is 0 Å². The molecule has 0 radical (unpaired) electrons. The number of nitrogens with one attached hydrogen (secondary N) is 2. The van der Waals surface area contributed by atoms with Crippen molar-refractivity contribution in [2.24, 2.45) is 0 Å². The maximum absolute atomic E-state index is 8.71. The maximum Gasteiger partial charge on any atom is 0.0670 e. The molecule has 0 saturated heterocycles. The highest BCUT2D eigenvalue weighted by molar-refractivity contribution is 5.58. The monoisotopic (exact) mass is 241 g/mol. The first-order chi connectivity index (χ1) is 8.70. The quantitative estimate of drug-likeness (QED) is 0.714. The Labute approximate surface area is 106 Å². The smallest absolute Gasteiger partial charge is 0.0670 e. The zero-order valence-electron chi connectivity index (χ0n) is 10.2. The van der Waals surface area contributed by atoms with Crippen LogP contribution in [-0.4, -0.2) is 10.2 Å². The van der Waals surface area contributed by atoms with Gasteiger partial charge in [0, 0.05) is 29.2 Å². The molecule has 0 bridgehead atoms. The molecule has 0 atom stereocenters. The van der Waals surface area contributed by atoms with E-state index < -0.39 is 0 Å². The van der Waals surface area contributed by atoms with Gasteiger partial charge in [0.1, 0.15) is 0 Å². The average molecular weight is 241 g/mol. The molecule has 0 unspecified atom stereocenters. The number of benzene rings is 1. The Bertz CT molecular complexity index is 579. The summed E-state index contributed by atoms with van der Waals surface area (Å²) in [6, 6.07) is 7.74. The molecular formula is C13H15N5. The lowest BCUT2D eigenvalue weighted by molar-refractivity contribution is 1.04. The van der Waals surface area contributed by atoms with Crippen molar-refractivity contribution in [2.45, 2.75) is 19.9 Å². The van der Waals surface area contributed by atoms with Crippen molar-refractivity contribution in [1.82, 2.24) is 10.2 Å². The van der Waals surface area contributed by atoms with Gasteiger partial charge in [-0.15, -0.1) is 0 Å². The Balaban J connectivity index is 2.08. The van der Waals surface area contributed by atoms with Crippen LogP contribution in [0.5, 0.6) is 0 Å². The highest BCUT2D eigenvalue weighted by atomic mass is 15.1.